The van der Waals surface area contributed by atoms with E-state index in [2.05, 4.69) is 10.5 Å². The van der Waals surface area contributed by atoms with Crippen LogP contribution in [0, 0.1) is 0 Å². The average molecular weight is 417 g/mol. The molecular weight excluding hydrogens is 394 g/mol. The summed E-state index contributed by atoms with van der Waals surface area (Å²) in [5.74, 6) is 0.405. The predicted molar refractivity (Wildman–Crippen MR) is 119 cm³/mol. The molecule has 0 atom stereocenters. The van der Waals surface area contributed by atoms with Gasteiger partial charge in [0, 0.05) is 25.0 Å². The van der Waals surface area contributed by atoms with Gasteiger partial charge in [0.2, 0.25) is 5.91 Å². The van der Waals surface area contributed by atoms with Crippen LogP contribution >= 0.6 is 0 Å². The van der Waals surface area contributed by atoms with Crippen LogP contribution in [-0.2, 0) is 23.1 Å². The van der Waals surface area contributed by atoms with Gasteiger partial charge in [-0.1, -0.05) is 24.3 Å². The number of amides is 1. The van der Waals surface area contributed by atoms with Crippen LogP contribution in [-0.4, -0.2) is 29.8 Å². The quantitative estimate of drug-likeness (QED) is 0.200. The van der Waals surface area contributed by atoms with Crippen molar-refractivity contribution in [2.24, 2.45) is 12.1 Å². The monoisotopic (exact) mass is 417 g/mol. The number of hydrazone groups is 1. The first kappa shape index (κ1) is 21.6. The minimum absolute atomic E-state index is 0.218. The minimum atomic E-state index is -0.499. The Hall–Kier alpha value is -4.13. The first-order chi connectivity index (χ1) is 15.0. The second-order valence-corrected chi connectivity index (χ2v) is 6.68. The van der Waals surface area contributed by atoms with E-state index >= 15 is 0 Å². The number of hydrogen-bond acceptors (Lipinski definition) is 5. The number of nitrogens with one attached hydrogen (secondary N) is 1. The number of hydrogen-bond donors (Lipinski definition) is 1. The van der Waals surface area contributed by atoms with Gasteiger partial charge in [0.25, 0.3) is 0 Å². The topological polar surface area (TPSA) is 81.9 Å². The largest absolute Gasteiger partial charge is 0.497 e. The minimum Gasteiger partial charge on any atom is -0.497 e. The van der Waals surface area contributed by atoms with Crippen molar-refractivity contribution >= 4 is 24.2 Å². The van der Waals surface area contributed by atoms with E-state index in [1.165, 1.54) is 12.3 Å². The van der Waals surface area contributed by atoms with Gasteiger partial charge in [0.15, 0.2) is 0 Å². The van der Waals surface area contributed by atoms with Crippen LogP contribution in [0.15, 0.2) is 78.0 Å². The van der Waals surface area contributed by atoms with Crippen LogP contribution < -0.4 is 14.9 Å². The highest BCUT2D eigenvalue weighted by molar-refractivity contribution is 5.89. The van der Waals surface area contributed by atoms with Crippen LogP contribution in [0.2, 0.25) is 0 Å². The number of esters is 1. The fourth-order valence-electron chi connectivity index (χ4n) is 2.75. The summed E-state index contributed by atoms with van der Waals surface area (Å²) in [6.07, 6.45) is 6.62. The number of carbonyl (C=O) groups excluding carboxylic acids is 2. The van der Waals surface area contributed by atoms with Crippen LogP contribution in [0.1, 0.15) is 16.8 Å². The zero-order valence-corrected chi connectivity index (χ0v) is 17.3. The van der Waals surface area contributed by atoms with Crippen LogP contribution in [0.4, 0.5) is 0 Å². The molecule has 3 aromatic rings. The second-order valence-electron chi connectivity index (χ2n) is 6.68. The molecular formula is C24H23N3O4. The van der Waals surface area contributed by atoms with Crippen molar-refractivity contribution in [3.63, 3.8) is 0 Å². The Morgan fingerprint density at radius 2 is 1.84 bits per heavy atom. The number of rotatable bonds is 8. The molecule has 0 saturated carbocycles. The smallest absolute Gasteiger partial charge is 0.336 e. The standard InChI is InChI=1S/C24H23N3O4/c1-27-14-4-6-20(27)16-23(28)26-25-17-19-5-3-7-22(15-19)31-24(29)13-10-18-8-11-21(30-2)12-9-18/h3-15,17H,16H2,1-2H3,(H,26,28)/b13-10+,25-17?. The summed E-state index contributed by atoms with van der Waals surface area (Å²) in [5, 5.41) is 3.96. The zero-order chi connectivity index (χ0) is 22.1. The Bertz CT molecular complexity index is 1100. The SMILES string of the molecule is COc1ccc(/C=C/C(=O)Oc2cccc(C=NNC(=O)Cc3cccn3C)c2)cc1. The van der Waals surface area contributed by atoms with E-state index in [-0.39, 0.29) is 12.3 Å². The van der Waals surface area contributed by atoms with Gasteiger partial charge in [0.1, 0.15) is 11.5 Å². The Morgan fingerprint density at radius 3 is 2.55 bits per heavy atom. The molecule has 31 heavy (non-hydrogen) atoms. The van der Waals surface area contributed by atoms with E-state index in [1.54, 1.807) is 37.5 Å². The third-order valence-electron chi connectivity index (χ3n) is 4.40. The molecule has 0 aliphatic rings. The van der Waals surface area contributed by atoms with Crippen molar-refractivity contribution in [2.45, 2.75) is 6.42 Å². The van der Waals surface area contributed by atoms with Gasteiger partial charge >= 0.3 is 5.97 Å². The molecule has 0 unspecified atom stereocenters. The van der Waals surface area contributed by atoms with Gasteiger partial charge in [0.05, 0.1) is 19.7 Å². The Morgan fingerprint density at radius 1 is 1.03 bits per heavy atom. The zero-order valence-electron chi connectivity index (χ0n) is 17.3. The van der Waals surface area contributed by atoms with E-state index < -0.39 is 5.97 Å². The van der Waals surface area contributed by atoms with E-state index in [1.807, 2.05) is 54.2 Å². The van der Waals surface area contributed by atoms with E-state index in [4.69, 9.17) is 9.47 Å². The maximum absolute atomic E-state index is 12.1. The summed E-state index contributed by atoms with van der Waals surface area (Å²) >= 11 is 0. The third-order valence-corrected chi connectivity index (χ3v) is 4.40. The van der Waals surface area contributed by atoms with Crippen molar-refractivity contribution in [1.29, 1.82) is 0 Å². The van der Waals surface area contributed by atoms with Crippen molar-refractivity contribution in [1.82, 2.24) is 9.99 Å². The molecule has 1 aromatic heterocycles. The van der Waals surface area contributed by atoms with Gasteiger partial charge in [-0.3, -0.25) is 4.79 Å². The van der Waals surface area contributed by atoms with Crippen LogP contribution in [0.5, 0.6) is 11.5 Å². The highest BCUT2D eigenvalue weighted by Gasteiger charge is 2.05. The lowest BCUT2D eigenvalue weighted by atomic mass is 10.2. The molecule has 0 aliphatic heterocycles. The Labute approximate surface area is 180 Å². The fourth-order valence-corrected chi connectivity index (χ4v) is 2.75. The van der Waals surface area contributed by atoms with Gasteiger partial charge < -0.3 is 14.0 Å². The first-order valence-corrected chi connectivity index (χ1v) is 9.59. The van der Waals surface area contributed by atoms with Gasteiger partial charge in [-0.15, -0.1) is 0 Å². The number of carbonyl (C=O) groups is 2. The van der Waals surface area contributed by atoms with Crippen molar-refractivity contribution in [3.05, 3.63) is 89.8 Å². The highest BCUT2D eigenvalue weighted by atomic mass is 16.5. The molecule has 1 amide bonds. The lowest BCUT2D eigenvalue weighted by Crippen LogP contribution is -2.20. The Balaban J connectivity index is 1.52. The van der Waals surface area contributed by atoms with E-state index in [9.17, 15) is 9.59 Å². The lowest BCUT2D eigenvalue weighted by Gasteiger charge is -2.03. The Kier molecular flexibility index (Phi) is 7.37. The summed E-state index contributed by atoms with van der Waals surface area (Å²) in [5.41, 5.74) is 4.92. The molecule has 7 nitrogen and oxygen atoms in total. The van der Waals surface area contributed by atoms with Gasteiger partial charge in [-0.05, 0) is 53.6 Å². The molecule has 1 N–H and O–H groups in total. The van der Waals surface area contributed by atoms with Crippen LogP contribution in [0.3, 0.4) is 0 Å². The molecule has 0 bridgehead atoms. The summed E-state index contributed by atoms with van der Waals surface area (Å²) in [6, 6.07) is 17.9. The average Bonchev–Trinajstić information content (AvgIpc) is 3.17. The summed E-state index contributed by atoms with van der Waals surface area (Å²) in [4.78, 5) is 24.0. The normalized spacial score (nSPS) is 11.0. The molecule has 7 heteroatoms. The number of aryl methyl sites for hydroxylation is 1. The lowest BCUT2D eigenvalue weighted by molar-refractivity contribution is -0.129. The molecule has 2 aromatic carbocycles. The summed E-state index contributed by atoms with van der Waals surface area (Å²) in [7, 11) is 3.48. The van der Waals surface area contributed by atoms with Gasteiger partial charge in [-0.2, -0.15) is 5.10 Å². The van der Waals surface area contributed by atoms with E-state index in [0.29, 0.717) is 11.3 Å². The number of aromatic nitrogens is 1. The van der Waals surface area contributed by atoms with Crippen molar-refractivity contribution < 1.29 is 19.1 Å². The first-order valence-electron chi connectivity index (χ1n) is 9.59. The van der Waals surface area contributed by atoms with E-state index in [0.717, 1.165) is 17.0 Å². The molecule has 0 fully saturated rings. The predicted octanol–water partition coefficient (Wildman–Crippen LogP) is 3.35. The van der Waals surface area contributed by atoms with Crippen molar-refractivity contribution in [3.8, 4) is 11.5 Å². The molecule has 0 spiro atoms. The molecule has 158 valence electrons. The maximum atomic E-state index is 12.1. The number of benzene rings is 2. The number of methoxy groups -OCH3 is 1. The third kappa shape index (κ3) is 6.71. The maximum Gasteiger partial charge on any atom is 0.336 e. The second kappa shape index (κ2) is 10.6. The number of nitrogens with zero attached hydrogens (tertiary/aromatic N) is 2. The van der Waals surface area contributed by atoms with Crippen molar-refractivity contribution in [2.75, 3.05) is 7.11 Å². The summed E-state index contributed by atoms with van der Waals surface area (Å²) in [6.45, 7) is 0. The molecule has 1 heterocycles. The number of ether oxygens (including phenoxy) is 2. The van der Waals surface area contributed by atoms with Crippen LogP contribution in [0.25, 0.3) is 6.08 Å². The van der Waals surface area contributed by atoms with Gasteiger partial charge in [-0.25, -0.2) is 10.2 Å². The molecule has 0 aliphatic carbocycles. The fraction of sp³-hybridized carbons (Fsp3) is 0.125. The summed E-state index contributed by atoms with van der Waals surface area (Å²) < 4.78 is 12.3. The molecule has 3 rings (SSSR count). The molecule has 0 saturated heterocycles. The molecule has 0 radical (unpaired) electrons. The highest BCUT2D eigenvalue weighted by Crippen LogP contribution is 2.14.